The van der Waals surface area contributed by atoms with Crippen LogP contribution in [0.5, 0.6) is 0 Å². The van der Waals surface area contributed by atoms with Crippen molar-refractivity contribution in [2.75, 3.05) is 7.11 Å². The Balaban J connectivity index is 2.56. The summed E-state index contributed by atoms with van der Waals surface area (Å²) in [6, 6.07) is 0. The Morgan fingerprint density at radius 1 is 1.42 bits per heavy atom. The number of methoxy groups -OCH3 is 1. The number of ether oxygens (including phenoxy) is 2. The largest absolute Gasteiger partial charge is 0.356 e. The van der Waals surface area contributed by atoms with Gasteiger partial charge in [0.1, 0.15) is 12.4 Å². The minimum absolute atomic E-state index is 0.212. The van der Waals surface area contributed by atoms with E-state index in [0.717, 1.165) is 12.7 Å². The maximum atomic E-state index is 10.6. The molecule has 70 valence electrons. The van der Waals surface area contributed by atoms with E-state index < -0.39 is 0 Å². The quantitative estimate of drug-likeness (QED) is 0.587. The summed E-state index contributed by atoms with van der Waals surface area (Å²) in [5.41, 5.74) is 0. The summed E-state index contributed by atoms with van der Waals surface area (Å²) >= 11 is 0. The fourth-order valence-corrected chi connectivity index (χ4v) is 1.71. The van der Waals surface area contributed by atoms with Gasteiger partial charge in [-0.1, -0.05) is 13.8 Å². The zero-order chi connectivity index (χ0) is 9.14. The molecule has 4 atom stereocenters. The van der Waals surface area contributed by atoms with Crippen LogP contribution in [0.15, 0.2) is 0 Å². The van der Waals surface area contributed by atoms with Crippen LogP contribution in [0.2, 0.25) is 0 Å². The second-order valence-corrected chi connectivity index (χ2v) is 3.53. The first-order valence-corrected chi connectivity index (χ1v) is 4.32. The molecule has 1 aliphatic rings. The van der Waals surface area contributed by atoms with Gasteiger partial charge in [-0.15, -0.1) is 0 Å². The van der Waals surface area contributed by atoms with Crippen molar-refractivity contribution in [1.82, 2.24) is 0 Å². The molecule has 1 fully saturated rings. The molecule has 0 saturated carbocycles. The topological polar surface area (TPSA) is 35.5 Å². The SMILES string of the molecule is CO[C@H]1O[C@H](C=O)[C@@H](C)C[C@@H]1C. The molecule has 0 spiro atoms. The zero-order valence-corrected chi connectivity index (χ0v) is 7.82. The van der Waals surface area contributed by atoms with Crippen LogP contribution in [-0.4, -0.2) is 25.8 Å². The van der Waals surface area contributed by atoms with Gasteiger partial charge in [0.2, 0.25) is 0 Å². The zero-order valence-electron chi connectivity index (χ0n) is 7.82. The molecule has 0 aromatic rings. The Bertz CT molecular complexity index is 158. The fraction of sp³-hybridized carbons (Fsp3) is 0.889. The highest BCUT2D eigenvalue weighted by Crippen LogP contribution is 2.28. The first-order valence-electron chi connectivity index (χ1n) is 4.32. The van der Waals surface area contributed by atoms with Crippen LogP contribution < -0.4 is 0 Å². The number of carbonyl (C=O) groups is 1. The van der Waals surface area contributed by atoms with Crippen molar-refractivity contribution in [2.45, 2.75) is 32.7 Å². The molecule has 0 radical (unpaired) electrons. The molecule has 3 nitrogen and oxygen atoms in total. The summed E-state index contributed by atoms with van der Waals surface area (Å²) < 4.78 is 10.5. The lowest BCUT2D eigenvalue weighted by molar-refractivity contribution is -0.214. The molecule has 0 N–H and O–H groups in total. The first kappa shape index (κ1) is 9.68. The van der Waals surface area contributed by atoms with Crippen LogP contribution >= 0.6 is 0 Å². The summed E-state index contributed by atoms with van der Waals surface area (Å²) in [6.07, 6.45) is 1.35. The molecule has 1 aliphatic heterocycles. The second kappa shape index (κ2) is 4.01. The van der Waals surface area contributed by atoms with E-state index in [1.807, 2.05) is 6.92 Å². The van der Waals surface area contributed by atoms with Crippen LogP contribution in [-0.2, 0) is 14.3 Å². The van der Waals surface area contributed by atoms with Gasteiger partial charge in [-0.2, -0.15) is 0 Å². The van der Waals surface area contributed by atoms with E-state index in [-0.39, 0.29) is 12.4 Å². The third kappa shape index (κ3) is 1.84. The first-order chi connectivity index (χ1) is 5.69. The number of hydrogen-bond acceptors (Lipinski definition) is 3. The molecule has 0 bridgehead atoms. The highest BCUT2D eigenvalue weighted by Gasteiger charge is 2.32. The molecular weight excluding hydrogens is 156 g/mol. The van der Waals surface area contributed by atoms with Crippen LogP contribution in [0.3, 0.4) is 0 Å². The maximum Gasteiger partial charge on any atom is 0.160 e. The third-order valence-corrected chi connectivity index (χ3v) is 2.43. The van der Waals surface area contributed by atoms with Crippen molar-refractivity contribution in [2.24, 2.45) is 11.8 Å². The third-order valence-electron chi connectivity index (χ3n) is 2.43. The summed E-state index contributed by atoms with van der Waals surface area (Å²) in [5.74, 6) is 0.685. The van der Waals surface area contributed by atoms with Crippen LogP contribution in [0.4, 0.5) is 0 Å². The predicted molar refractivity (Wildman–Crippen MR) is 44.7 cm³/mol. The molecule has 1 heterocycles. The maximum absolute atomic E-state index is 10.6. The molecule has 0 aromatic carbocycles. The normalized spacial score (nSPS) is 42.6. The van der Waals surface area contributed by atoms with Crippen molar-refractivity contribution in [3.8, 4) is 0 Å². The van der Waals surface area contributed by atoms with E-state index in [4.69, 9.17) is 9.47 Å². The lowest BCUT2D eigenvalue weighted by Gasteiger charge is -2.35. The van der Waals surface area contributed by atoms with Gasteiger partial charge < -0.3 is 14.3 Å². The van der Waals surface area contributed by atoms with Crippen LogP contribution in [0.1, 0.15) is 20.3 Å². The van der Waals surface area contributed by atoms with Crippen molar-refractivity contribution in [3.63, 3.8) is 0 Å². The molecule has 0 amide bonds. The lowest BCUT2D eigenvalue weighted by Crippen LogP contribution is -2.40. The standard InChI is InChI=1S/C9H16O3/c1-6-4-7(2)9(11-3)12-8(6)5-10/h5-9H,4H2,1-3H3/t6-,7-,8+,9-/m0/s1. The molecule has 1 saturated heterocycles. The molecule has 0 unspecified atom stereocenters. The van der Waals surface area contributed by atoms with Crippen molar-refractivity contribution < 1.29 is 14.3 Å². The number of rotatable bonds is 2. The lowest BCUT2D eigenvalue weighted by atomic mass is 9.90. The molecule has 1 rings (SSSR count). The summed E-state index contributed by atoms with van der Waals surface area (Å²) in [5, 5.41) is 0. The highest BCUT2D eigenvalue weighted by atomic mass is 16.7. The van der Waals surface area contributed by atoms with Crippen molar-refractivity contribution >= 4 is 6.29 Å². The summed E-state index contributed by atoms with van der Waals surface area (Å²) in [4.78, 5) is 10.6. The minimum Gasteiger partial charge on any atom is -0.356 e. The Morgan fingerprint density at radius 3 is 2.58 bits per heavy atom. The van der Waals surface area contributed by atoms with Gasteiger partial charge in [0.05, 0.1) is 0 Å². The van der Waals surface area contributed by atoms with Gasteiger partial charge in [0, 0.05) is 13.0 Å². The summed E-state index contributed by atoms with van der Waals surface area (Å²) in [6.45, 7) is 4.10. The fourth-order valence-electron chi connectivity index (χ4n) is 1.71. The van der Waals surface area contributed by atoms with Gasteiger partial charge in [-0.05, 0) is 12.3 Å². The van der Waals surface area contributed by atoms with Gasteiger partial charge in [0.15, 0.2) is 6.29 Å². The van der Waals surface area contributed by atoms with Gasteiger partial charge in [-0.25, -0.2) is 0 Å². The van der Waals surface area contributed by atoms with Crippen molar-refractivity contribution in [3.05, 3.63) is 0 Å². The van der Waals surface area contributed by atoms with E-state index in [2.05, 4.69) is 6.92 Å². The molecule has 12 heavy (non-hydrogen) atoms. The molecular formula is C9H16O3. The Kier molecular flexibility index (Phi) is 3.23. The van der Waals surface area contributed by atoms with E-state index >= 15 is 0 Å². The highest BCUT2D eigenvalue weighted by molar-refractivity contribution is 5.56. The minimum atomic E-state index is -0.286. The number of carbonyl (C=O) groups excluding carboxylic acids is 1. The molecule has 3 heteroatoms. The van der Waals surface area contributed by atoms with Gasteiger partial charge in [-0.3, -0.25) is 0 Å². The molecule has 0 aliphatic carbocycles. The number of hydrogen-bond donors (Lipinski definition) is 0. The second-order valence-electron chi connectivity index (χ2n) is 3.53. The summed E-state index contributed by atoms with van der Waals surface area (Å²) in [7, 11) is 1.61. The van der Waals surface area contributed by atoms with Crippen molar-refractivity contribution in [1.29, 1.82) is 0 Å². The van der Waals surface area contributed by atoms with E-state index in [1.165, 1.54) is 0 Å². The average Bonchev–Trinajstić information content (AvgIpc) is 2.05. The Hall–Kier alpha value is -0.410. The van der Waals surface area contributed by atoms with E-state index in [1.54, 1.807) is 7.11 Å². The predicted octanol–water partition coefficient (Wildman–Crippen LogP) is 1.22. The Labute approximate surface area is 73.0 Å². The number of aldehydes is 1. The Morgan fingerprint density at radius 2 is 2.08 bits per heavy atom. The smallest absolute Gasteiger partial charge is 0.160 e. The molecule has 0 aromatic heterocycles. The van der Waals surface area contributed by atoms with Gasteiger partial charge in [0.25, 0.3) is 0 Å². The van der Waals surface area contributed by atoms with E-state index in [0.29, 0.717) is 11.8 Å². The van der Waals surface area contributed by atoms with Gasteiger partial charge >= 0.3 is 0 Å². The van der Waals surface area contributed by atoms with E-state index in [9.17, 15) is 4.79 Å². The van der Waals surface area contributed by atoms with Crippen LogP contribution in [0.25, 0.3) is 0 Å². The van der Waals surface area contributed by atoms with Crippen LogP contribution in [0, 0.1) is 11.8 Å². The average molecular weight is 172 g/mol. The monoisotopic (exact) mass is 172 g/mol.